The normalized spacial score (nSPS) is 12.5. The molecule has 0 aromatic rings. The Labute approximate surface area is 91.7 Å². The molecule has 0 fully saturated rings. The van der Waals surface area contributed by atoms with Crippen LogP contribution in [0.25, 0.3) is 0 Å². The average Bonchev–Trinajstić information content (AvgIpc) is 2.10. The molecule has 0 spiro atoms. The number of allylic oxidation sites excluding steroid dienone is 6. The molecule has 0 bridgehead atoms. The van der Waals surface area contributed by atoms with Crippen LogP contribution >= 0.6 is 31.9 Å². The first kappa shape index (κ1) is 12.2. The standard InChI is InChI=1S/C10H14Br2/c11-9-7-5-3-1-2-4-6-8-10-12/h1-2,5-8H,3-4,9-10H2. The van der Waals surface area contributed by atoms with Crippen LogP contribution in [0.3, 0.4) is 0 Å². The van der Waals surface area contributed by atoms with Gasteiger partial charge in [-0.25, -0.2) is 0 Å². The molecular weight excluding hydrogens is 280 g/mol. The van der Waals surface area contributed by atoms with Crippen LogP contribution in [-0.4, -0.2) is 10.7 Å². The highest BCUT2D eigenvalue weighted by Gasteiger charge is 1.72. The van der Waals surface area contributed by atoms with Gasteiger partial charge in [0.25, 0.3) is 0 Å². The molecule has 0 nitrogen and oxygen atoms in total. The van der Waals surface area contributed by atoms with Crippen molar-refractivity contribution in [2.75, 3.05) is 10.7 Å². The lowest BCUT2D eigenvalue weighted by atomic mass is 10.3. The van der Waals surface area contributed by atoms with E-state index in [0.29, 0.717) is 0 Å². The van der Waals surface area contributed by atoms with Crippen molar-refractivity contribution in [1.29, 1.82) is 0 Å². The van der Waals surface area contributed by atoms with Crippen LogP contribution in [0.5, 0.6) is 0 Å². The van der Waals surface area contributed by atoms with Crippen molar-refractivity contribution in [2.24, 2.45) is 0 Å². The molecule has 0 aliphatic rings. The summed E-state index contributed by atoms with van der Waals surface area (Å²) in [6.45, 7) is 0. The highest BCUT2D eigenvalue weighted by molar-refractivity contribution is 9.09. The third-order valence-corrected chi connectivity index (χ3v) is 1.97. The minimum Gasteiger partial charge on any atom is -0.0883 e. The van der Waals surface area contributed by atoms with Gasteiger partial charge in [-0.15, -0.1) is 0 Å². The molecule has 0 atom stereocenters. The molecule has 2 heteroatoms. The largest absolute Gasteiger partial charge is 0.0883 e. The SMILES string of the molecule is BrCC=CCC=CCC=CCBr. The number of hydrogen-bond donors (Lipinski definition) is 0. The molecule has 0 aliphatic carbocycles. The monoisotopic (exact) mass is 292 g/mol. The van der Waals surface area contributed by atoms with Gasteiger partial charge in [-0.05, 0) is 12.8 Å². The fraction of sp³-hybridized carbons (Fsp3) is 0.400. The van der Waals surface area contributed by atoms with Gasteiger partial charge in [0.2, 0.25) is 0 Å². The molecule has 68 valence electrons. The van der Waals surface area contributed by atoms with Gasteiger partial charge < -0.3 is 0 Å². The van der Waals surface area contributed by atoms with E-state index in [9.17, 15) is 0 Å². The minimum atomic E-state index is 0.949. The number of alkyl halides is 2. The summed E-state index contributed by atoms with van der Waals surface area (Å²) in [6, 6.07) is 0. The molecule has 0 N–H and O–H groups in total. The first-order valence-corrected chi connectivity index (χ1v) is 6.23. The average molecular weight is 294 g/mol. The zero-order valence-electron chi connectivity index (χ0n) is 7.05. The quantitative estimate of drug-likeness (QED) is 0.508. The number of rotatable bonds is 6. The Morgan fingerprint density at radius 1 is 0.583 bits per heavy atom. The number of halogens is 2. The maximum atomic E-state index is 3.33. The molecule has 0 aliphatic heterocycles. The van der Waals surface area contributed by atoms with Gasteiger partial charge in [0.15, 0.2) is 0 Å². The Morgan fingerprint density at radius 2 is 0.917 bits per heavy atom. The fourth-order valence-corrected chi connectivity index (χ4v) is 1.20. The van der Waals surface area contributed by atoms with E-state index in [0.717, 1.165) is 23.5 Å². The smallest absolute Gasteiger partial charge is 0.0212 e. The maximum Gasteiger partial charge on any atom is 0.0212 e. The maximum absolute atomic E-state index is 3.33. The van der Waals surface area contributed by atoms with E-state index >= 15 is 0 Å². The molecule has 0 saturated carbocycles. The van der Waals surface area contributed by atoms with Crippen LogP contribution < -0.4 is 0 Å². The van der Waals surface area contributed by atoms with Crippen molar-refractivity contribution in [1.82, 2.24) is 0 Å². The van der Waals surface area contributed by atoms with Crippen molar-refractivity contribution in [3.8, 4) is 0 Å². The highest BCUT2D eigenvalue weighted by Crippen LogP contribution is 1.92. The van der Waals surface area contributed by atoms with E-state index in [4.69, 9.17) is 0 Å². The summed E-state index contributed by atoms with van der Waals surface area (Å²) in [4.78, 5) is 0. The number of hydrogen-bond acceptors (Lipinski definition) is 0. The lowest BCUT2D eigenvalue weighted by molar-refractivity contribution is 1.30. The Kier molecular flexibility index (Phi) is 11.3. The highest BCUT2D eigenvalue weighted by atomic mass is 79.9. The van der Waals surface area contributed by atoms with Gasteiger partial charge in [-0.2, -0.15) is 0 Å². The van der Waals surface area contributed by atoms with E-state index in [-0.39, 0.29) is 0 Å². The van der Waals surface area contributed by atoms with Crippen LogP contribution in [0, 0.1) is 0 Å². The van der Waals surface area contributed by atoms with E-state index in [1.54, 1.807) is 0 Å². The van der Waals surface area contributed by atoms with Gasteiger partial charge in [0.1, 0.15) is 0 Å². The first-order valence-electron chi connectivity index (χ1n) is 3.98. The topological polar surface area (TPSA) is 0 Å². The van der Waals surface area contributed by atoms with Crippen molar-refractivity contribution in [3.05, 3.63) is 36.5 Å². The Bertz CT molecular complexity index is 139. The molecule has 0 heterocycles. The second-order valence-electron chi connectivity index (χ2n) is 2.19. The molecular formula is C10H14Br2. The van der Waals surface area contributed by atoms with Crippen molar-refractivity contribution >= 4 is 31.9 Å². The van der Waals surface area contributed by atoms with Crippen molar-refractivity contribution < 1.29 is 0 Å². The van der Waals surface area contributed by atoms with Crippen molar-refractivity contribution in [3.63, 3.8) is 0 Å². The second kappa shape index (κ2) is 11.2. The lowest BCUT2D eigenvalue weighted by Crippen LogP contribution is -1.63. The van der Waals surface area contributed by atoms with E-state index in [1.165, 1.54) is 0 Å². The van der Waals surface area contributed by atoms with E-state index < -0.39 is 0 Å². The van der Waals surface area contributed by atoms with Gasteiger partial charge in [-0.1, -0.05) is 68.3 Å². The summed E-state index contributed by atoms with van der Waals surface area (Å²) >= 11 is 6.65. The summed E-state index contributed by atoms with van der Waals surface area (Å²) in [5.41, 5.74) is 0. The van der Waals surface area contributed by atoms with Gasteiger partial charge in [-0.3, -0.25) is 0 Å². The van der Waals surface area contributed by atoms with Crippen LogP contribution in [0.1, 0.15) is 12.8 Å². The summed E-state index contributed by atoms with van der Waals surface area (Å²) in [6.07, 6.45) is 15.0. The molecule has 0 rings (SSSR count). The molecule has 0 unspecified atom stereocenters. The van der Waals surface area contributed by atoms with Crippen LogP contribution in [0.4, 0.5) is 0 Å². The van der Waals surface area contributed by atoms with Crippen LogP contribution in [0.15, 0.2) is 36.5 Å². The van der Waals surface area contributed by atoms with Crippen LogP contribution in [-0.2, 0) is 0 Å². The summed E-state index contributed by atoms with van der Waals surface area (Å²) in [5, 5.41) is 1.90. The van der Waals surface area contributed by atoms with Gasteiger partial charge >= 0.3 is 0 Å². The van der Waals surface area contributed by atoms with Crippen molar-refractivity contribution in [2.45, 2.75) is 12.8 Å². The minimum absolute atomic E-state index is 0.949. The summed E-state index contributed by atoms with van der Waals surface area (Å²) < 4.78 is 0. The Hall–Kier alpha value is 0.180. The van der Waals surface area contributed by atoms with Gasteiger partial charge in [0.05, 0.1) is 0 Å². The Balaban J connectivity index is 3.25. The molecule has 12 heavy (non-hydrogen) atoms. The predicted molar refractivity (Wildman–Crippen MR) is 64.2 cm³/mol. The fourth-order valence-electron chi connectivity index (χ4n) is 0.668. The lowest BCUT2D eigenvalue weighted by Gasteiger charge is -1.82. The molecule has 0 radical (unpaired) electrons. The first-order chi connectivity index (χ1) is 5.91. The predicted octanol–water partition coefficient (Wildman–Crippen LogP) is 4.23. The molecule has 0 aromatic carbocycles. The Morgan fingerprint density at radius 3 is 1.25 bits per heavy atom. The third-order valence-electron chi connectivity index (χ3n) is 1.22. The van der Waals surface area contributed by atoms with Crippen LogP contribution in [0.2, 0.25) is 0 Å². The molecule has 0 amide bonds. The zero-order chi connectivity index (χ0) is 9.07. The van der Waals surface area contributed by atoms with Gasteiger partial charge in [0, 0.05) is 10.7 Å². The zero-order valence-corrected chi connectivity index (χ0v) is 10.2. The third kappa shape index (κ3) is 10.2. The molecule has 0 saturated heterocycles. The summed E-state index contributed by atoms with van der Waals surface area (Å²) in [5.74, 6) is 0. The molecule has 0 aromatic heterocycles. The van der Waals surface area contributed by atoms with E-state index in [1.807, 2.05) is 0 Å². The summed E-state index contributed by atoms with van der Waals surface area (Å²) in [7, 11) is 0. The second-order valence-corrected chi connectivity index (χ2v) is 3.49. The van der Waals surface area contributed by atoms with E-state index in [2.05, 4.69) is 68.3 Å².